The minimum Gasteiger partial charge on any atom is -0.467 e. The van der Waals surface area contributed by atoms with Crippen LogP contribution in [-0.2, 0) is 4.79 Å². The lowest BCUT2D eigenvalue weighted by molar-refractivity contribution is -0.120. The van der Waals surface area contributed by atoms with Gasteiger partial charge >= 0.3 is 0 Å². The Morgan fingerprint density at radius 1 is 1.00 bits per heavy atom. The molecule has 0 aliphatic heterocycles. The average Bonchev–Trinajstić information content (AvgIpc) is 3.29. The summed E-state index contributed by atoms with van der Waals surface area (Å²) in [6.07, 6.45) is 1.49. The molecule has 33 heavy (non-hydrogen) atoms. The standard InChI is InChI=1S/C27H23N3O2S/c1-3-30(23-10-6-8-19-7-4-5-9-21(19)23)24(31)15-32-26-25-22(16-33-27(25)29-17-28-26)20-13-11-18(2)12-14-20/h4-14,16-17H,3,15H2,1-2H3. The molecule has 0 spiro atoms. The maximum Gasteiger partial charge on any atom is 0.264 e. The summed E-state index contributed by atoms with van der Waals surface area (Å²) in [6.45, 7) is 4.47. The number of thiophene rings is 1. The molecule has 0 radical (unpaired) electrons. The molecule has 0 aliphatic rings. The number of aryl methyl sites for hydroxylation is 1. The normalized spacial score (nSPS) is 11.1. The van der Waals surface area contributed by atoms with Crippen LogP contribution < -0.4 is 9.64 Å². The van der Waals surface area contributed by atoms with Gasteiger partial charge in [-0.25, -0.2) is 9.97 Å². The lowest BCUT2D eigenvalue weighted by atomic mass is 10.0. The van der Waals surface area contributed by atoms with Gasteiger partial charge in [-0.1, -0.05) is 66.2 Å². The summed E-state index contributed by atoms with van der Waals surface area (Å²) in [4.78, 5) is 24.6. The third kappa shape index (κ3) is 4.05. The molecule has 0 aliphatic carbocycles. The smallest absolute Gasteiger partial charge is 0.264 e. The van der Waals surface area contributed by atoms with Crippen molar-refractivity contribution in [3.05, 3.63) is 84.0 Å². The summed E-state index contributed by atoms with van der Waals surface area (Å²) >= 11 is 1.54. The number of hydrogen-bond donors (Lipinski definition) is 0. The first kappa shape index (κ1) is 21.1. The summed E-state index contributed by atoms with van der Waals surface area (Å²) < 4.78 is 6.01. The van der Waals surface area contributed by atoms with Gasteiger partial charge in [-0.2, -0.15) is 0 Å². The fraction of sp³-hybridized carbons (Fsp3) is 0.148. The van der Waals surface area contributed by atoms with Crippen LogP contribution >= 0.6 is 11.3 Å². The fourth-order valence-corrected chi connectivity index (χ4v) is 4.94. The first-order valence-corrected chi connectivity index (χ1v) is 11.7. The Hall–Kier alpha value is -3.77. The summed E-state index contributed by atoms with van der Waals surface area (Å²) in [5.74, 6) is 0.312. The van der Waals surface area contributed by atoms with Crippen LogP contribution in [0, 0.1) is 6.92 Å². The molecule has 5 rings (SSSR count). The molecule has 6 heteroatoms. The van der Waals surface area contributed by atoms with E-state index in [0.29, 0.717) is 12.4 Å². The molecule has 0 unspecified atom stereocenters. The summed E-state index contributed by atoms with van der Waals surface area (Å²) in [5, 5.41) is 5.04. The van der Waals surface area contributed by atoms with Crippen LogP contribution in [0.2, 0.25) is 0 Å². The minimum atomic E-state index is -0.118. The van der Waals surface area contributed by atoms with Crippen molar-refractivity contribution in [1.29, 1.82) is 0 Å². The van der Waals surface area contributed by atoms with Crippen LogP contribution in [0.25, 0.3) is 32.1 Å². The molecule has 0 atom stereocenters. The van der Waals surface area contributed by atoms with E-state index in [-0.39, 0.29) is 12.5 Å². The van der Waals surface area contributed by atoms with Crippen molar-refractivity contribution in [1.82, 2.24) is 9.97 Å². The van der Waals surface area contributed by atoms with Crippen LogP contribution in [0.1, 0.15) is 12.5 Å². The zero-order valence-electron chi connectivity index (χ0n) is 18.5. The first-order valence-electron chi connectivity index (χ1n) is 10.9. The van der Waals surface area contributed by atoms with Gasteiger partial charge in [0.15, 0.2) is 6.61 Å². The van der Waals surface area contributed by atoms with Crippen molar-refractivity contribution < 1.29 is 9.53 Å². The van der Waals surface area contributed by atoms with Gasteiger partial charge in [0.2, 0.25) is 5.88 Å². The van der Waals surface area contributed by atoms with Gasteiger partial charge in [0.1, 0.15) is 11.2 Å². The number of carbonyl (C=O) groups excluding carboxylic acids is 1. The van der Waals surface area contributed by atoms with Crippen LogP contribution in [0.4, 0.5) is 5.69 Å². The number of benzene rings is 3. The van der Waals surface area contributed by atoms with Crippen LogP contribution in [0.3, 0.4) is 0 Å². The van der Waals surface area contributed by atoms with Gasteiger partial charge < -0.3 is 9.64 Å². The quantitative estimate of drug-likeness (QED) is 0.305. The fourth-order valence-electron chi connectivity index (χ4n) is 4.04. The number of aromatic nitrogens is 2. The van der Waals surface area contributed by atoms with Crippen LogP contribution in [0.15, 0.2) is 78.4 Å². The Bertz CT molecular complexity index is 1440. The number of nitrogens with zero attached hydrogens (tertiary/aromatic N) is 3. The number of ether oxygens (including phenoxy) is 1. The zero-order chi connectivity index (χ0) is 22.8. The van der Waals surface area contributed by atoms with Gasteiger partial charge in [-0.15, -0.1) is 11.3 Å². The molecule has 2 aromatic heterocycles. The van der Waals surface area contributed by atoms with Crippen LogP contribution in [-0.4, -0.2) is 29.0 Å². The van der Waals surface area contributed by atoms with Crippen molar-refractivity contribution >= 4 is 43.9 Å². The molecule has 0 fully saturated rings. The lowest BCUT2D eigenvalue weighted by Crippen LogP contribution is -2.35. The maximum absolute atomic E-state index is 13.2. The second-order valence-electron chi connectivity index (χ2n) is 7.80. The maximum atomic E-state index is 13.2. The molecule has 2 heterocycles. The van der Waals surface area contributed by atoms with E-state index < -0.39 is 0 Å². The SMILES string of the molecule is CCN(C(=O)COc1ncnc2scc(-c3ccc(C)cc3)c12)c1cccc2ccccc12. The largest absolute Gasteiger partial charge is 0.467 e. The average molecular weight is 454 g/mol. The number of amides is 1. The lowest BCUT2D eigenvalue weighted by Gasteiger charge is -2.23. The molecular weight excluding hydrogens is 430 g/mol. The Morgan fingerprint density at radius 3 is 2.61 bits per heavy atom. The molecule has 1 amide bonds. The Balaban J connectivity index is 1.44. The number of fused-ring (bicyclic) bond motifs is 2. The Labute approximate surface area is 196 Å². The molecule has 0 saturated carbocycles. The van der Waals surface area contributed by atoms with Crippen molar-refractivity contribution in [2.45, 2.75) is 13.8 Å². The van der Waals surface area contributed by atoms with E-state index in [4.69, 9.17) is 4.74 Å². The van der Waals surface area contributed by atoms with E-state index in [1.807, 2.05) is 37.3 Å². The topological polar surface area (TPSA) is 55.3 Å². The molecule has 0 N–H and O–H groups in total. The molecule has 0 saturated heterocycles. The number of rotatable bonds is 6. The predicted octanol–water partition coefficient (Wildman–Crippen LogP) is 6.25. The van der Waals surface area contributed by atoms with Crippen molar-refractivity contribution in [2.75, 3.05) is 18.1 Å². The van der Waals surface area contributed by atoms with Gasteiger partial charge in [-0.05, 0) is 30.9 Å². The third-order valence-electron chi connectivity index (χ3n) is 5.71. The third-order valence-corrected chi connectivity index (χ3v) is 6.59. The molecule has 5 nitrogen and oxygen atoms in total. The second kappa shape index (κ2) is 9.00. The van der Waals surface area contributed by atoms with E-state index in [0.717, 1.165) is 37.8 Å². The van der Waals surface area contributed by atoms with Gasteiger partial charge in [0.05, 0.1) is 11.1 Å². The minimum absolute atomic E-state index is 0.105. The highest BCUT2D eigenvalue weighted by Crippen LogP contribution is 2.37. The van der Waals surface area contributed by atoms with Crippen molar-refractivity contribution in [3.63, 3.8) is 0 Å². The first-order chi connectivity index (χ1) is 16.2. The Morgan fingerprint density at radius 2 is 1.79 bits per heavy atom. The van der Waals surface area contributed by atoms with E-state index in [2.05, 4.69) is 58.7 Å². The number of hydrogen-bond acceptors (Lipinski definition) is 5. The van der Waals surface area contributed by atoms with Crippen molar-refractivity contribution in [3.8, 4) is 17.0 Å². The van der Waals surface area contributed by atoms with E-state index in [9.17, 15) is 4.79 Å². The van der Waals surface area contributed by atoms with Gasteiger partial charge in [-0.3, -0.25) is 4.79 Å². The van der Waals surface area contributed by atoms with E-state index >= 15 is 0 Å². The molecule has 0 bridgehead atoms. The monoisotopic (exact) mass is 453 g/mol. The Kier molecular flexibility index (Phi) is 5.75. The highest BCUT2D eigenvalue weighted by Gasteiger charge is 2.19. The zero-order valence-corrected chi connectivity index (χ0v) is 19.3. The summed E-state index contributed by atoms with van der Waals surface area (Å²) in [7, 11) is 0. The van der Waals surface area contributed by atoms with Gasteiger partial charge in [0, 0.05) is 22.9 Å². The highest BCUT2D eigenvalue weighted by molar-refractivity contribution is 7.17. The highest BCUT2D eigenvalue weighted by atomic mass is 32.1. The summed E-state index contributed by atoms with van der Waals surface area (Å²) in [6, 6.07) is 22.4. The number of likely N-dealkylation sites (N-methyl/N-ethyl adjacent to an activating group) is 1. The van der Waals surface area contributed by atoms with Gasteiger partial charge in [0.25, 0.3) is 5.91 Å². The van der Waals surface area contributed by atoms with Crippen molar-refractivity contribution in [2.24, 2.45) is 0 Å². The second-order valence-corrected chi connectivity index (χ2v) is 8.66. The number of anilines is 1. The molecule has 3 aromatic carbocycles. The van der Waals surface area contributed by atoms with E-state index in [1.165, 1.54) is 11.9 Å². The molecular formula is C27H23N3O2S. The summed E-state index contributed by atoms with van der Waals surface area (Å²) in [5.41, 5.74) is 4.17. The van der Waals surface area contributed by atoms with Crippen LogP contribution in [0.5, 0.6) is 5.88 Å². The molecule has 5 aromatic rings. The predicted molar refractivity (Wildman–Crippen MR) is 135 cm³/mol. The number of carbonyl (C=O) groups is 1. The van der Waals surface area contributed by atoms with E-state index in [1.54, 1.807) is 16.2 Å². The molecule has 164 valence electrons.